The Morgan fingerprint density at radius 1 is 0.906 bits per heavy atom. The first-order valence-corrected chi connectivity index (χ1v) is 11.2. The molecule has 32 heavy (non-hydrogen) atoms. The highest BCUT2D eigenvalue weighted by Gasteiger charge is 2.13. The molecule has 3 aromatic rings. The summed E-state index contributed by atoms with van der Waals surface area (Å²) in [7, 11) is 0. The van der Waals surface area contributed by atoms with Gasteiger partial charge in [0.1, 0.15) is 0 Å². The topological polar surface area (TPSA) is 99.3 Å². The van der Waals surface area contributed by atoms with Crippen molar-refractivity contribution >= 4 is 34.9 Å². The molecule has 0 radical (unpaired) electrons. The SMILES string of the molecule is Cc1ccc(CNC(=O)c2ccccc2NCC(=O)NC(=O)NCCc2cccs2)cc1. The van der Waals surface area contributed by atoms with Gasteiger partial charge in [-0.1, -0.05) is 48.0 Å². The number of anilines is 1. The zero-order chi connectivity index (χ0) is 22.8. The average molecular weight is 451 g/mol. The van der Waals surface area contributed by atoms with Gasteiger partial charge in [-0.3, -0.25) is 14.9 Å². The third kappa shape index (κ3) is 7.24. The molecule has 0 atom stereocenters. The Morgan fingerprint density at radius 3 is 2.44 bits per heavy atom. The van der Waals surface area contributed by atoms with E-state index < -0.39 is 11.9 Å². The first kappa shape index (κ1) is 23.0. The van der Waals surface area contributed by atoms with Gasteiger partial charge in [0, 0.05) is 23.7 Å². The number of imide groups is 1. The fourth-order valence-corrected chi connectivity index (χ4v) is 3.67. The molecule has 0 saturated heterocycles. The van der Waals surface area contributed by atoms with Crippen molar-refractivity contribution < 1.29 is 14.4 Å². The van der Waals surface area contributed by atoms with E-state index in [-0.39, 0.29) is 12.5 Å². The first-order valence-electron chi connectivity index (χ1n) is 10.3. The Kier molecular flexibility index (Phi) is 8.39. The number of hydrogen-bond acceptors (Lipinski definition) is 5. The number of benzene rings is 2. The second-order valence-corrected chi connectivity index (χ2v) is 8.23. The minimum Gasteiger partial charge on any atom is -0.375 e. The van der Waals surface area contributed by atoms with Crippen molar-refractivity contribution in [3.8, 4) is 0 Å². The molecule has 0 saturated carbocycles. The predicted octanol–water partition coefficient (Wildman–Crippen LogP) is 3.47. The third-order valence-electron chi connectivity index (χ3n) is 4.67. The molecule has 166 valence electrons. The van der Waals surface area contributed by atoms with Crippen LogP contribution in [0.15, 0.2) is 66.0 Å². The van der Waals surface area contributed by atoms with Gasteiger partial charge in [-0.15, -0.1) is 11.3 Å². The fourth-order valence-electron chi connectivity index (χ4n) is 2.96. The Morgan fingerprint density at radius 2 is 1.69 bits per heavy atom. The molecule has 0 aliphatic carbocycles. The molecule has 0 spiro atoms. The number of carbonyl (C=O) groups excluding carboxylic acids is 3. The van der Waals surface area contributed by atoms with Crippen LogP contribution in [0.2, 0.25) is 0 Å². The van der Waals surface area contributed by atoms with Gasteiger partial charge in [0.05, 0.1) is 12.1 Å². The van der Waals surface area contributed by atoms with E-state index in [2.05, 4.69) is 21.3 Å². The molecule has 0 aliphatic heterocycles. The zero-order valence-corrected chi connectivity index (χ0v) is 18.6. The number of urea groups is 1. The van der Waals surface area contributed by atoms with E-state index in [9.17, 15) is 14.4 Å². The van der Waals surface area contributed by atoms with E-state index in [1.807, 2.05) is 48.7 Å². The highest BCUT2D eigenvalue weighted by Crippen LogP contribution is 2.15. The van der Waals surface area contributed by atoms with Gasteiger partial charge < -0.3 is 16.0 Å². The standard InChI is InChI=1S/C24H26N4O3S/c1-17-8-10-18(11-9-17)15-27-23(30)20-6-2-3-7-21(20)26-16-22(29)28-24(31)25-13-12-19-5-4-14-32-19/h2-11,14,26H,12-13,15-16H2,1H3,(H,27,30)(H2,25,28,29,31). The molecule has 4 amide bonds. The van der Waals surface area contributed by atoms with Crippen LogP contribution >= 0.6 is 11.3 Å². The number of amides is 4. The summed E-state index contributed by atoms with van der Waals surface area (Å²) in [5.74, 6) is -0.742. The van der Waals surface area contributed by atoms with E-state index in [1.54, 1.807) is 35.6 Å². The van der Waals surface area contributed by atoms with E-state index in [0.717, 1.165) is 16.0 Å². The lowest BCUT2D eigenvalue weighted by atomic mass is 10.1. The van der Waals surface area contributed by atoms with Gasteiger partial charge in [0.2, 0.25) is 5.91 Å². The van der Waals surface area contributed by atoms with Crippen molar-refractivity contribution in [1.29, 1.82) is 0 Å². The van der Waals surface area contributed by atoms with Crippen LogP contribution < -0.4 is 21.3 Å². The molecule has 7 nitrogen and oxygen atoms in total. The lowest BCUT2D eigenvalue weighted by Crippen LogP contribution is -2.42. The molecule has 2 aromatic carbocycles. The Bertz CT molecular complexity index is 1050. The van der Waals surface area contributed by atoms with E-state index in [0.29, 0.717) is 30.8 Å². The van der Waals surface area contributed by atoms with Crippen molar-refractivity contribution in [3.05, 3.63) is 87.6 Å². The van der Waals surface area contributed by atoms with Crippen LogP contribution in [-0.2, 0) is 17.8 Å². The molecule has 0 fully saturated rings. The van der Waals surface area contributed by atoms with Gasteiger partial charge in [-0.05, 0) is 42.5 Å². The van der Waals surface area contributed by atoms with Crippen molar-refractivity contribution in [2.24, 2.45) is 0 Å². The van der Waals surface area contributed by atoms with Crippen LogP contribution in [0.3, 0.4) is 0 Å². The minimum absolute atomic E-state index is 0.138. The lowest BCUT2D eigenvalue weighted by Gasteiger charge is -2.12. The maximum Gasteiger partial charge on any atom is 0.321 e. The lowest BCUT2D eigenvalue weighted by molar-refractivity contribution is -0.118. The van der Waals surface area contributed by atoms with Crippen LogP contribution in [0, 0.1) is 6.92 Å². The molecule has 8 heteroatoms. The van der Waals surface area contributed by atoms with E-state index in [4.69, 9.17) is 0 Å². The Hall–Kier alpha value is -3.65. The Balaban J connectivity index is 1.45. The number of aryl methyl sites for hydroxylation is 1. The summed E-state index contributed by atoms with van der Waals surface area (Å²) >= 11 is 1.62. The normalized spacial score (nSPS) is 10.3. The Labute approximate surface area is 191 Å². The summed E-state index contributed by atoms with van der Waals surface area (Å²) in [6.45, 7) is 2.71. The van der Waals surface area contributed by atoms with E-state index in [1.165, 1.54) is 0 Å². The number of para-hydroxylation sites is 1. The van der Waals surface area contributed by atoms with Gasteiger partial charge in [0.25, 0.3) is 5.91 Å². The smallest absolute Gasteiger partial charge is 0.321 e. The molecule has 0 unspecified atom stereocenters. The molecule has 0 bridgehead atoms. The summed E-state index contributed by atoms with van der Waals surface area (Å²) < 4.78 is 0. The quantitative estimate of drug-likeness (QED) is 0.401. The van der Waals surface area contributed by atoms with Gasteiger partial charge in [-0.2, -0.15) is 0 Å². The summed E-state index contributed by atoms with van der Waals surface area (Å²) in [4.78, 5) is 37.8. The minimum atomic E-state index is -0.544. The van der Waals surface area contributed by atoms with Crippen molar-refractivity contribution in [3.63, 3.8) is 0 Å². The fraction of sp³-hybridized carbons (Fsp3) is 0.208. The van der Waals surface area contributed by atoms with Crippen LogP contribution in [0.5, 0.6) is 0 Å². The highest BCUT2D eigenvalue weighted by molar-refractivity contribution is 7.09. The number of hydrogen-bond donors (Lipinski definition) is 4. The third-order valence-corrected chi connectivity index (χ3v) is 5.61. The molecule has 3 rings (SSSR count). The number of nitrogens with one attached hydrogen (secondary N) is 4. The van der Waals surface area contributed by atoms with Crippen LogP contribution in [-0.4, -0.2) is 30.9 Å². The molecule has 4 N–H and O–H groups in total. The van der Waals surface area contributed by atoms with Crippen molar-refractivity contribution in [2.75, 3.05) is 18.4 Å². The molecular formula is C24H26N4O3S. The summed E-state index contributed by atoms with van der Waals surface area (Å²) in [5.41, 5.74) is 3.10. The molecule has 1 aromatic heterocycles. The van der Waals surface area contributed by atoms with Gasteiger partial charge >= 0.3 is 6.03 Å². The number of carbonyl (C=O) groups is 3. The van der Waals surface area contributed by atoms with Crippen molar-refractivity contribution in [1.82, 2.24) is 16.0 Å². The maximum atomic E-state index is 12.6. The van der Waals surface area contributed by atoms with Crippen LogP contribution in [0.4, 0.5) is 10.5 Å². The molecule has 0 aliphatic rings. The van der Waals surface area contributed by atoms with Crippen molar-refractivity contribution in [2.45, 2.75) is 19.9 Å². The second kappa shape index (κ2) is 11.7. The molecule has 1 heterocycles. The summed E-state index contributed by atoms with van der Waals surface area (Å²) in [6.07, 6.45) is 0.711. The number of thiophene rings is 1. The van der Waals surface area contributed by atoms with Gasteiger partial charge in [0.15, 0.2) is 0 Å². The van der Waals surface area contributed by atoms with Gasteiger partial charge in [-0.25, -0.2) is 4.79 Å². The summed E-state index contributed by atoms with van der Waals surface area (Å²) in [6, 6.07) is 18.3. The first-order chi connectivity index (χ1) is 15.5. The molecular weight excluding hydrogens is 424 g/mol. The summed E-state index contributed by atoms with van der Waals surface area (Å²) in [5, 5.41) is 12.7. The monoisotopic (exact) mass is 450 g/mol. The zero-order valence-electron chi connectivity index (χ0n) is 17.8. The average Bonchev–Trinajstić information content (AvgIpc) is 3.31. The highest BCUT2D eigenvalue weighted by atomic mass is 32.1. The second-order valence-electron chi connectivity index (χ2n) is 7.20. The predicted molar refractivity (Wildman–Crippen MR) is 127 cm³/mol. The number of rotatable bonds is 9. The van der Waals surface area contributed by atoms with E-state index >= 15 is 0 Å². The maximum absolute atomic E-state index is 12.6. The van der Waals surface area contributed by atoms with Crippen LogP contribution in [0.25, 0.3) is 0 Å². The largest absolute Gasteiger partial charge is 0.375 e. The van der Waals surface area contributed by atoms with Crippen LogP contribution in [0.1, 0.15) is 26.4 Å².